The molecular weight excluding hydrogens is 236 g/mol. The minimum atomic E-state index is -0.261. The summed E-state index contributed by atoms with van der Waals surface area (Å²) in [6.45, 7) is 4.38. The Morgan fingerprint density at radius 3 is 3.06 bits per heavy atom. The molecule has 0 radical (unpaired) electrons. The van der Waals surface area contributed by atoms with Crippen LogP contribution in [0.2, 0.25) is 0 Å². The number of rotatable bonds is 4. The van der Waals surface area contributed by atoms with E-state index in [-0.39, 0.29) is 12.5 Å². The van der Waals surface area contributed by atoms with Crippen molar-refractivity contribution in [1.82, 2.24) is 4.98 Å². The van der Waals surface area contributed by atoms with Gasteiger partial charge in [0.05, 0.1) is 16.8 Å². The van der Waals surface area contributed by atoms with E-state index in [0.29, 0.717) is 6.61 Å². The molecule has 0 atom stereocenters. The third kappa shape index (κ3) is 2.74. The second kappa shape index (κ2) is 5.14. The van der Waals surface area contributed by atoms with Gasteiger partial charge in [0.25, 0.3) is 0 Å². The van der Waals surface area contributed by atoms with Gasteiger partial charge in [0.15, 0.2) is 5.13 Å². The topological polar surface area (TPSA) is 51.2 Å². The van der Waals surface area contributed by atoms with Gasteiger partial charge in [-0.1, -0.05) is 23.5 Å². The van der Waals surface area contributed by atoms with Crippen molar-refractivity contribution < 1.29 is 9.53 Å². The number of benzene rings is 1. The monoisotopic (exact) mass is 250 g/mol. The van der Waals surface area contributed by atoms with Crippen LogP contribution in [-0.2, 0) is 9.53 Å². The number of hydrogen-bond donors (Lipinski definition) is 1. The first-order chi connectivity index (χ1) is 8.20. The van der Waals surface area contributed by atoms with E-state index >= 15 is 0 Å². The van der Waals surface area contributed by atoms with Crippen LogP contribution in [0.5, 0.6) is 0 Å². The number of aromatic nitrogens is 1. The third-order valence-corrected chi connectivity index (χ3v) is 3.29. The van der Waals surface area contributed by atoms with Crippen LogP contribution in [0.3, 0.4) is 0 Å². The van der Waals surface area contributed by atoms with Gasteiger partial charge in [0.2, 0.25) is 0 Å². The van der Waals surface area contributed by atoms with E-state index in [1.807, 2.05) is 25.1 Å². The minimum absolute atomic E-state index is 0.159. The van der Waals surface area contributed by atoms with Gasteiger partial charge in [-0.2, -0.15) is 0 Å². The molecule has 1 N–H and O–H groups in total. The fourth-order valence-electron chi connectivity index (χ4n) is 1.52. The van der Waals surface area contributed by atoms with Crippen molar-refractivity contribution in [2.75, 3.05) is 18.5 Å². The van der Waals surface area contributed by atoms with Gasteiger partial charge in [-0.25, -0.2) is 4.98 Å². The van der Waals surface area contributed by atoms with E-state index in [2.05, 4.69) is 10.3 Å². The van der Waals surface area contributed by atoms with Crippen LogP contribution in [0, 0.1) is 6.92 Å². The van der Waals surface area contributed by atoms with Crippen LogP contribution in [0.1, 0.15) is 12.5 Å². The van der Waals surface area contributed by atoms with Gasteiger partial charge in [0.1, 0.15) is 6.54 Å². The summed E-state index contributed by atoms with van der Waals surface area (Å²) in [5.41, 5.74) is 2.13. The molecule has 0 aliphatic rings. The van der Waals surface area contributed by atoms with Crippen LogP contribution in [0.15, 0.2) is 18.2 Å². The second-order valence-corrected chi connectivity index (χ2v) is 4.63. The first-order valence-electron chi connectivity index (χ1n) is 5.46. The Bertz CT molecular complexity index is 536. The standard InChI is InChI=1S/C12H14N2O2S/c1-3-16-10(15)7-13-12-14-11-8(2)5-4-6-9(11)17-12/h4-6H,3,7H2,1-2H3,(H,13,14). The van der Waals surface area contributed by atoms with Crippen molar-refractivity contribution >= 4 is 32.7 Å². The molecule has 1 heterocycles. The smallest absolute Gasteiger partial charge is 0.325 e. The zero-order valence-electron chi connectivity index (χ0n) is 9.82. The van der Waals surface area contributed by atoms with E-state index in [4.69, 9.17) is 4.74 Å². The Morgan fingerprint density at radius 2 is 2.35 bits per heavy atom. The van der Waals surface area contributed by atoms with Crippen LogP contribution in [0.4, 0.5) is 5.13 Å². The number of aryl methyl sites for hydroxylation is 1. The number of carbonyl (C=O) groups excluding carboxylic acids is 1. The molecule has 17 heavy (non-hydrogen) atoms. The maximum Gasteiger partial charge on any atom is 0.325 e. The fraction of sp³-hybridized carbons (Fsp3) is 0.333. The maximum atomic E-state index is 11.2. The van der Waals surface area contributed by atoms with Gasteiger partial charge in [-0.15, -0.1) is 0 Å². The highest BCUT2D eigenvalue weighted by Gasteiger charge is 2.07. The number of para-hydroxylation sites is 1. The fourth-order valence-corrected chi connectivity index (χ4v) is 2.46. The highest BCUT2D eigenvalue weighted by Crippen LogP contribution is 2.27. The van der Waals surface area contributed by atoms with Gasteiger partial charge >= 0.3 is 5.97 Å². The van der Waals surface area contributed by atoms with Crippen LogP contribution in [-0.4, -0.2) is 24.1 Å². The van der Waals surface area contributed by atoms with Crippen LogP contribution < -0.4 is 5.32 Å². The average Bonchev–Trinajstić information content (AvgIpc) is 2.71. The minimum Gasteiger partial charge on any atom is -0.465 e. The molecule has 0 aliphatic heterocycles. The first-order valence-corrected chi connectivity index (χ1v) is 6.28. The molecule has 5 heteroatoms. The molecule has 0 saturated carbocycles. The molecule has 0 bridgehead atoms. The van der Waals surface area contributed by atoms with Crippen molar-refractivity contribution in [3.8, 4) is 0 Å². The zero-order valence-corrected chi connectivity index (χ0v) is 10.6. The van der Waals surface area contributed by atoms with Crippen molar-refractivity contribution in [1.29, 1.82) is 0 Å². The Hall–Kier alpha value is -1.62. The molecule has 2 aromatic rings. The van der Waals surface area contributed by atoms with Gasteiger partial charge < -0.3 is 10.1 Å². The lowest BCUT2D eigenvalue weighted by atomic mass is 10.2. The SMILES string of the molecule is CCOC(=O)CNc1nc2c(C)cccc2s1. The molecule has 0 aliphatic carbocycles. The summed E-state index contributed by atoms with van der Waals surface area (Å²) < 4.78 is 5.96. The van der Waals surface area contributed by atoms with Gasteiger partial charge in [-0.05, 0) is 25.5 Å². The number of ether oxygens (including phenoxy) is 1. The number of nitrogens with one attached hydrogen (secondary N) is 1. The third-order valence-electron chi connectivity index (χ3n) is 2.31. The normalized spacial score (nSPS) is 10.5. The number of nitrogens with zero attached hydrogens (tertiary/aromatic N) is 1. The summed E-state index contributed by atoms with van der Waals surface area (Å²) in [7, 11) is 0. The van der Waals surface area contributed by atoms with E-state index in [0.717, 1.165) is 20.9 Å². The van der Waals surface area contributed by atoms with Crippen molar-refractivity contribution in [3.63, 3.8) is 0 Å². The lowest BCUT2D eigenvalue weighted by molar-refractivity contribution is -0.140. The Balaban J connectivity index is 2.10. The number of fused-ring (bicyclic) bond motifs is 1. The van der Waals surface area contributed by atoms with E-state index in [1.54, 1.807) is 18.3 Å². The Labute approximate surface area is 104 Å². The number of hydrogen-bond acceptors (Lipinski definition) is 5. The number of esters is 1. The Kier molecular flexibility index (Phi) is 3.58. The lowest BCUT2D eigenvalue weighted by Crippen LogP contribution is -2.16. The van der Waals surface area contributed by atoms with E-state index in [1.165, 1.54) is 0 Å². The largest absolute Gasteiger partial charge is 0.465 e. The lowest BCUT2D eigenvalue weighted by Gasteiger charge is -2.01. The highest BCUT2D eigenvalue weighted by atomic mass is 32.1. The summed E-state index contributed by atoms with van der Waals surface area (Å²) >= 11 is 1.54. The van der Waals surface area contributed by atoms with Gasteiger partial charge in [-0.3, -0.25) is 4.79 Å². The highest BCUT2D eigenvalue weighted by molar-refractivity contribution is 7.22. The maximum absolute atomic E-state index is 11.2. The summed E-state index contributed by atoms with van der Waals surface area (Å²) in [6.07, 6.45) is 0. The molecule has 4 nitrogen and oxygen atoms in total. The molecule has 2 rings (SSSR count). The van der Waals surface area contributed by atoms with E-state index < -0.39 is 0 Å². The molecular formula is C12H14N2O2S. The molecule has 1 aromatic heterocycles. The van der Waals surface area contributed by atoms with E-state index in [9.17, 15) is 4.79 Å². The predicted octanol–water partition coefficient (Wildman–Crippen LogP) is 2.58. The quantitative estimate of drug-likeness (QED) is 0.847. The molecule has 90 valence electrons. The average molecular weight is 250 g/mol. The molecule has 0 unspecified atom stereocenters. The zero-order chi connectivity index (χ0) is 12.3. The van der Waals surface area contributed by atoms with Crippen LogP contribution >= 0.6 is 11.3 Å². The molecule has 0 amide bonds. The molecule has 0 fully saturated rings. The molecule has 1 aromatic carbocycles. The van der Waals surface area contributed by atoms with Crippen molar-refractivity contribution in [2.45, 2.75) is 13.8 Å². The summed E-state index contributed by atoms with van der Waals surface area (Å²) in [5, 5.41) is 3.73. The number of anilines is 1. The van der Waals surface area contributed by atoms with Gasteiger partial charge in [0, 0.05) is 0 Å². The summed E-state index contributed by atoms with van der Waals surface area (Å²) in [6, 6.07) is 6.05. The summed E-state index contributed by atoms with van der Waals surface area (Å²) in [5.74, 6) is -0.261. The number of thiazole rings is 1. The molecule has 0 saturated heterocycles. The molecule has 0 spiro atoms. The predicted molar refractivity (Wildman–Crippen MR) is 69.5 cm³/mol. The van der Waals surface area contributed by atoms with Crippen molar-refractivity contribution in [2.24, 2.45) is 0 Å². The van der Waals surface area contributed by atoms with Crippen molar-refractivity contribution in [3.05, 3.63) is 23.8 Å². The summed E-state index contributed by atoms with van der Waals surface area (Å²) in [4.78, 5) is 15.6. The second-order valence-electron chi connectivity index (χ2n) is 3.60. The Morgan fingerprint density at radius 1 is 1.53 bits per heavy atom. The number of carbonyl (C=O) groups is 1. The van der Waals surface area contributed by atoms with Crippen LogP contribution in [0.25, 0.3) is 10.2 Å². The first kappa shape index (κ1) is 11.9.